The number of hydrogen-bond acceptors (Lipinski definition) is 4. The molecule has 4 rings (SSSR count). The predicted octanol–water partition coefficient (Wildman–Crippen LogP) is 1.88. The molecule has 1 aromatic carbocycles. The van der Waals surface area contributed by atoms with Gasteiger partial charge < -0.3 is 5.73 Å². The van der Waals surface area contributed by atoms with Gasteiger partial charge in [-0.25, -0.2) is 0 Å². The molecular weight excluding hydrogens is 314 g/mol. The Morgan fingerprint density at radius 1 is 1.20 bits per heavy atom. The maximum atomic E-state index is 12.0. The summed E-state index contributed by atoms with van der Waals surface area (Å²) in [7, 11) is 0. The number of H-pyrrole nitrogens is 1. The lowest BCUT2D eigenvalue weighted by Crippen LogP contribution is -2.48. The number of fused-ring (bicyclic) bond motifs is 1. The Kier molecular flexibility index (Phi) is 4.03. The SMILES string of the molecule is NC(=O)C1Cc2ccccc2CN1Cc1cn[nH]c1-c1cccnc1. The fourth-order valence-corrected chi connectivity index (χ4v) is 3.43. The number of nitrogens with one attached hydrogen (secondary N) is 1. The molecule has 0 bridgehead atoms. The lowest BCUT2D eigenvalue weighted by Gasteiger charge is -2.35. The predicted molar refractivity (Wildman–Crippen MR) is 94.2 cm³/mol. The third-order valence-corrected chi connectivity index (χ3v) is 4.72. The summed E-state index contributed by atoms with van der Waals surface area (Å²) >= 11 is 0. The monoisotopic (exact) mass is 333 g/mol. The highest BCUT2D eigenvalue weighted by molar-refractivity contribution is 5.80. The van der Waals surface area contributed by atoms with E-state index in [2.05, 4.69) is 32.2 Å². The van der Waals surface area contributed by atoms with Crippen molar-refractivity contribution in [3.63, 3.8) is 0 Å². The van der Waals surface area contributed by atoms with Crippen molar-refractivity contribution in [2.45, 2.75) is 25.6 Å². The van der Waals surface area contributed by atoms with E-state index in [9.17, 15) is 4.79 Å². The second-order valence-electron chi connectivity index (χ2n) is 6.31. The summed E-state index contributed by atoms with van der Waals surface area (Å²) in [6, 6.07) is 11.8. The van der Waals surface area contributed by atoms with Crippen molar-refractivity contribution < 1.29 is 4.79 Å². The molecule has 1 amide bonds. The van der Waals surface area contributed by atoms with Crippen molar-refractivity contribution in [1.82, 2.24) is 20.1 Å². The normalized spacial score (nSPS) is 17.2. The van der Waals surface area contributed by atoms with Crippen LogP contribution in [-0.2, 0) is 24.3 Å². The Balaban J connectivity index is 1.64. The molecule has 0 radical (unpaired) electrons. The highest BCUT2D eigenvalue weighted by Gasteiger charge is 2.30. The first-order valence-electron chi connectivity index (χ1n) is 8.25. The molecule has 0 saturated heterocycles. The second kappa shape index (κ2) is 6.49. The van der Waals surface area contributed by atoms with Gasteiger partial charge in [-0.05, 0) is 29.7 Å². The van der Waals surface area contributed by atoms with Crippen LogP contribution in [0.25, 0.3) is 11.3 Å². The van der Waals surface area contributed by atoms with E-state index in [0.29, 0.717) is 19.5 Å². The Hall–Kier alpha value is -2.99. The maximum absolute atomic E-state index is 12.0. The first kappa shape index (κ1) is 15.5. The molecule has 0 fully saturated rings. The average Bonchev–Trinajstić information content (AvgIpc) is 3.10. The van der Waals surface area contributed by atoms with Crippen LogP contribution in [0, 0.1) is 0 Å². The number of carbonyl (C=O) groups is 1. The molecule has 2 aromatic heterocycles. The number of benzene rings is 1. The first-order chi connectivity index (χ1) is 12.2. The standard InChI is InChI=1S/C19H19N5O/c20-19(25)17-8-13-4-1-2-5-15(13)11-24(17)12-16-10-22-23-18(16)14-6-3-7-21-9-14/h1-7,9-10,17H,8,11-12H2,(H2,20,25)(H,22,23). The minimum absolute atomic E-state index is 0.291. The molecule has 0 spiro atoms. The fraction of sp³-hybridized carbons (Fsp3) is 0.211. The largest absolute Gasteiger partial charge is 0.368 e. The zero-order valence-corrected chi connectivity index (χ0v) is 13.7. The lowest BCUT2D eigenvalue weighted by molar-refractivity contribution is -0.124. The van der Waals surface area contributed by atoms with Gasteiger partial charge in [0.05, 0.1) is 17.9 Å². The quantitative estimate of drug-likeness (QED) is 0.763. The molecule has 0 saturated carbocycles. The van der Waals surface area contributed by atoms with Crippen LogP contribution in [-0.4, -0.2) is 32.0 Å². The number of carbonyl (C=O) groups excluding carboxylic acids is 1. The van der Waals surface area contributed by atoms with Gasteiger partial charge >= 0.3 is 0 Å². The molecule has 1 unspecified atom stereocenters. The summed E-state index contributed by atoms with van der Waals surface area (Å²) in [5, 5.41) is 7.22. The smallest absolute Gasteiger partial charge is 0.235 e. The molecule has 3 heterocycles. The van der Waals surface area contributed by atoms with Crippen LogP contribution in [0.15, 0.2) is 55.0 Å². The van der Waals surface area contributed by atoms with E-state index in [4.69, 9.17) is 5.73 Å². The summed E-state index contributed by atoms with van der Waals surface area (Å²) in [6.45, 7) is 1.30. The molecule has 1 atom stereocenters. The number of nitrogens with zero attached hydrogens (tertiary/aromatic N) is 3. The Morgan fingerprint density at radius 2 is 2.04 bits per heavy atom. The van der Waals surface area contributed by atoms with Gasteiger partial charge in [-0.2, -0.15) is 5.10 Å². The highest BCUT2D eigenvalue weighted by atomic mass is 16.1. The van der Waals surface area contributed by atoms with E-state index >= 15 is 0 Å². The summed E-state index contributed by atoms with van der Waals surface area (Å²) in [5.74, 6) is -0.291. The topological polar surface area (TPSA) is 87.9 Å². The van der Waals surface area contributed by atoms with E-state index in [1.54, 1.807) is 18.6 Å². The van der Waals surface area contributed by atoms with Gasteiger partial charge in [-0.15, -0.1) is 0 Å². The van der Waals surface area contributed by atoms with Gasteiger partial charge in [0.15, 0.2) is 0 Å². The molecule has 25 heavy (non-hydrogen) atoms. The molecule has 1 aliphatic rings. The van der Waals surface area contributed by atoms with Crippen molar-refractivity contribution in [1.29, 1.82) is 0 Å². The molecule has 0 aliphatic carbocycles. The van der Waals surface area contributed by atoms with Crippen molar-refractivity contribution >= 4 is 5.91 Å². The Bertz CT molecular complexity index is 890. The summed E-state index contributed by atoms with van der Waals surface area (Å²) < 4.78 is 0. The molecule has 6 nitrogen and oxygen atoms in total. The van der Waals surface area contributed by atoms with E-state index in [1.165, 1.54) is 11.1 Å². The summed E-state index contributed by atoms with van der Waals surface area (Å²) in [6.07, 6.45) is 5.99. The number of rotatable bonds is 4. The zero-order chi connectivity index (χ0) is 17.2. The average molecular weight is 333 g/mol. The highest BCUT2D eigenvalue weighted by Crippen LogP contribution is 2.27. The van der Waals surface area contributed by atoms with E-state index in [-0.39, 0.29) is 11.9 Å². The molecule has 3 aromatic rings. The van der Waals surface area contributed by atoms with Crippen LogP contribution in [0.5, 0.6) is 0 Å². The zero-order valence-electron chi connectivity index (χ0n) is 13.7. The summed E-state index contributed by atoms with van der Waals surface area (Å²) in [5.41, 5.74) is 11.0. The number of primary amides is 1. The second-order valence-corrected chi connectivity index (χ2v) is 6.31. The van der Waals surface area contributed by atoms with Gasteiger partial charge in [0.1, 0.15) is 0 Å². The van der Waals surface area contributed by atoms with Gasteiger partial charge in [0, 0.05) is 36.6 Å². The molecule has 1 aliphatic heterocycles. The van der Waals surface area contributed by atoms with E-state index < -0.39 is 0 Å². The van der Waals surface area contributed by atoms with Crippen molar-refractivity contribution in [2.24, 2.45) is 5.73 Å². The van der Waals surface area contributed by atoms with Crippen LogP contribution in [0.1, 0.15) is 16.7 Å². The van der Waals surface area contributed by atoms with Crippen molar-refractivity contribution in [3.8, 4) is 11.3 Å². The Morgan fingerprint density at radius 3 is 2.80 bits per heavy atom. The van der Waals surface area contributed by atoms with Gasteiger partial charge in [0.2, 0.25) is 5.91 Å². The van der Waals surface area contributed by atoms with Gasteiger partial charge in [-0.1, -0.05) is 24.3 Å². The third kappa shape index (κ3) is 3.04. The molecule has 126 valence electrons. The minimum atomic E-state index is -0.313. The number of nitrogens with two attached hydrogens (primary N) is 1. The molecule has 6 heteroatoms. The van der Waals surface area contributed by atoms with Crippen molar-refractivity contribution in [2.75, 3.05) is 0 Å². The van der Waals surface area contributed by atoms with Crippen LogP contribution in [0.4, 0.5) is 0 Å². The van der Waals surface area contributed by atoms with E-state index in [0.717, 1.165) is 16.8 Å². The maximum Gasteiger partial charge on any atom is 0.235 e. The molecule has 3 N–H and O–H groups in total. The number of aromatic amines is 1. The lowest BCUT2D eigenvalue weighted by atomic mass is 9.93. The van der Waals surface area contributed by atoms with Crippen LogP contribution in [0.2, 0.25) is 0 Å². The van der Waals surface area contributed by atoms with E-state index in [1.807, 2.05) is 24.3 Å². The van der Waals surface area contributed by atoms with Gasteiger partial charge in [0.25, 0.3) is 0 Å². The van der Waals surface area contributed by atoms with Crippen LogP contribution >= 0.6 is 0 Å². The van der Waals surface area contributed by atoms with Crippen molar-refractivity contribution in [3.05, 3.63) is 71.7 Å². The van der Waals surface area contributed by atoms with Crippen LogP contribution < -0.4 is 5.73 Å². The summed E-state index contributed by atoms with van der Waals surface area (Å²) in [4.78, 5) is 18.3. The number of hydrogen-bond donors (Lipinski definition) is 2. The van der Waals surface area contributed by atoms with Crippen LogP contribution in [0.3, 0.4) is 0 Å². The third-order valence-electron chi connectivity index (χ3n) is 4.72. The first-order valence-corrected chi connectivity index (χ1v) is 8.25. The fourth-order valence-electron chi connectivity index (χ4n) is 3.43. The minimum Gasteiger partial charge on any atom is -0.368 e. The van der Waals surface area contributed by atoms with Gasteiger partial charge in [-0.3, -0.25) is 19.8 Å². The number of amides is 1. The Labute approximate surface area is 145 Å². The number of pyridine rings is 1. The number of aromatic nitrogens is 3. The molecular formula is C19H19N5O.